The van der Waals surface area contributed by atoms with Gasteiger partial charge in [-0.2, -0.15) is 5.10 Å². The summed E-state index contributed by atoms with van der Waals surface area (Å²) in [5.41, 5.74) is -0.578. The molecule has 1 aromatic heterocycles. The summed E-state index contributed by atoms with van der Waals surface area (Å²) in [4.78, 5) is 15.9. The van der Waals surface area contributed by atoms with Crippen LogP contribution < -0.4 is 4.74 Å². The van der Waals surface area contributed by atoms with Crippen molar-refractivity contribution in [3.05, 3.63) is 51.4 Å². The second-order valence-corrected chi connectivity index (χ2v) is 8.18. The lowest BCUT2D eigenvalue weighted by Gasteiger charge is -2.37. The van der Waals surface area contributed by atoms with Gasteiger partial charge in [0.25, 0.3) is 0 Å². The van der Waals surface area contributed by atoms with Gasteiger partial charge in [-0.15, -0.1) is 13.2 Å². The summed E-state index contributed by atoms with van der Waals surface area (Å²) in [6.07, 6.45) is -1.99. The first-order valence-electron chi connectivity index (χ1n) is 9.87. The molecular weight excluding hydrogens is 469 g/mol. The largest absolute Gasteiger partial charge is 0.573 e. The number of hydrogen-bond acceptors (Lipinski definition) is 8. The number of β-amino-alcohol motifs (C(OH)–C–C–N with tert-alkyl or cyclic N) is 1. The van der Waals surface area contributed by atoms with Crippen LogP contribution in [0.4, 0.5) is 19.0 Å². The number of halogens is 4. The molecule has 0 spiro atoms. The van der Waals surface area contributed by atoms with Crippen molar-refractivity contribution >= 4 is 23.6 Å². The van der Waals surface area contributed by atoms with E-state index in [1.54, 1.807) is 13.1 Å². The predicted molar refractivity (Wildman–Crippen MR) is 113 cm³/mol. The van der Waals surface area contributed by atoms with E-state index in [2.05, 4.69) is 14.8 Å². The van der Waals surface area contributed by atoms with Gasteiger partial charge < -0.3 is 20.0 Å². The molecule has 1 N–H and O–H groups in total. The van der Waals surface area contributed by atoms with E-state index in [1.807, 2.05) is 9.91 Å². The average molecular weight is 491 g/mol. The Kier molecular flexibility index (Phi) is 7.44. The maximum Gasteiger partial charge on any atom is 0.573 e. The number of piperazine rings is 1. The van der Waals surface area contributed by atoms with Gasteiger partial charge in [-0.05, 0) is 58.3 Å². The number of hydrogen-bond donors (Lipinski definition) is 1. The maximum absolute atomic E-state index is 12.2. The smallest absolute Gasteiger partial charge is 0.406 e. The second-order valence-electron chi connectivity index (χ2n) is 7.84. The molecule has 0 radical (unpaired) electrons. The summed E-state index contributed by atoms with van der Waals surface area (Å²) in [5.74, 6) is -0.684. The first kappa shape index (κ1) is 24.7. The van der Waals surface area contributed by atoms with E-state index >= 15 is 0 Å². The maximum atomic E-state index is 12.2. The molecule has 1 aromatic carbocycles. The Morgan fingerprint density at radius 2 is 1.88 bits per heavy atom. The van der Waals surface area contributed by atoms with E-state index in [0.29, 0.717) is 38.3 Å². The summed E-state index contributed by atoms with van der Waals surface area (Å²) < 4.78 is 41.8. The van der Waals surface area contributed by atoms with Crippen molar-refractivity contribution in [3.8, 4) is 5.75 Å². The lowest BCUT2D eigenvalue weighted by molar-refractivity contribution is -0.389. The van der Waals surface area contributed by atoms with Crippen molar-refractivity contribution in [2.24, 2.45) is 5.10 Å². The van der Waals surface area contributed by atoms with Gasteiger partial charge in [-0.25, -0.2) is 0 Å². The third-order valence-electron chi connectivity index (χ3n) is 4.81. The van der Waals surface area contributed by atoms with Crippen molar-refractivity contribution in [2.75, 3.05) is 32.7 Å². The molecule has 14 heteroatoms. The van der Waals surface area contributed by atoms with E-state index in [1.165, 1.54) is 35.0 Å². The van der Waals surface area contributed by atoms with Gasteiger partial charge in [0.1, 0.15) is 11.9 Å². The summed E-state index contributed by atoms with van der Waals surface area (Å²) in [6, 6.07) is 5.39. The number of ether oxygens (including phenoxy) is 1. The molecule has 0 amide bonds. The van der Waals surface area contributed by atoms with Gasteiger partial charge >= 0.3 is 17.5 Å². The van der Waals surface area contributed by atoms with Gasteiger partial charge in [0.2, 0.25) is 0 Å². The zero-order valence-corrected chi connectivity index (χ0v) is 18.3. The zero-order chi connectivity index (χ0) is 24.2. The Labute approximate surface area is 192 Å². The van der Waals surface area contributed by atoms with Crippen LogP contribution in [0.5, 0.6) is 5.75 Å². The van der Waals surface area contributed by atoms with Crippen LogP contribution in [0.3, 0.4) is 0 Å². The number of imidazole rings is 1. The molecule has 1 unspecified atom stereocenters. The van der Waals surface area contributed by atoms with Gasteiger partial charge in [-0.3, -0.25) is 14.5 Å². The van der Waals surface area contributed by atoms with Crippen LogP contribution in [0, 0.1) is 10.1 Å². The molecule has 1 atom stereocenters. The highest BCUT2D eigenvalue weighted by Crippen LogP contribution is 2.23. The lowest BCUT2D eigenvalue weighted by atomic mass is 10.1. The van der Waals surface area contributed by atoms with Crippen LogP contribution in [-0.4, -0.2) is 80.4 Å². The molecule has 1 aliphatic rings. The number of nitrogens with zero attached hydrogens (tertiary/aromatic N) is 6. The number of hydrazone groups is 1. The van der Waals surface area contributed by atoms with Gasteiger partial charge in [0.05, 0.1) is 18.4 Å². The minimum atomic E-state index is -4.73. The molecule has 0 aliphatic carbocycles. The number of aromatic nitrogens is 2. The van der Waals surface area contributed by atoms with Crippen LogP contribution in [0.2, 0.25) is 5.28 Å². The second kappa shape index (κ2) is 9.93. The fourth-order valence-corrected chi connectivity index (χ4v) is 3.59. The molecule has 10 nitrogen and oxygen atoms in total. The number of benzene rings is 1. The highest BCUT2D eigenvalue weighted by Gasteiger charge is 2.31. The SMILES string of the molecule is CC(O)(CN1CCN(N=Cc2ccc(OC(F)(F)F)cc2)CC1)Cn1cc([N+](=O)[O-])nc1Cl. The molecule has 0 bridgehead atoms. The summed E-state index contributed by atoms with van der Waals surface area (Å²) in [7, 11) is 0. The third-order valence-corrected chi connectivity index (χ3v) is 5.11. The fourth-order valence-electron chi connectivity index (χ4n) is 3.39. The van der Waals surface area contributed by atoms with Crippen molar-refractivity contribution < 1.29 is 27.9 Å². The molecule has 33 heavy (non-hydrogen) atoms. The van der Waals surface area contributed by atoms with E-state index in [-0.39, 0.29) is 23.4 Å². The predicted octanol–water partition coefficient (Wildman–Crippen LogP) is 2.75. The summed E-state index contributed by atoms with van der Waals surface area (Å²) in [6.45, 7) is 4.37. The molecule has 180 valence electrons. The van der Waals surface area contributed by atoms with Crippen LogP contribution >= 0.6 is 11.6 Å². The van der Waals surface area contributed by atoms with Gasteiger partial charge in [-0.1, -0.05) is 0 Å². The van der Waals surface area contributed by atoms with Crippen molar-refractivity contribution in [2.45, 2.75) is 25.4 Å². The quantitative estimate of drug-likeness (QED) is 0.344. The van der Waals surface area contributed by atoms with Gasteiger partial charge in [0.15, 0.2) is 0 Å². The molecule has 0 saturated carbocycles. The lowest BCUT2D eigenvalue weighted by Crippen LogP contribution is -2.51. The standard InChI is InChI=1S/C19H22ClF3N6O4/c1-18(30,13-27-11-16(29(31)32)25-17(27)20)12-26-6-8-28(9-7-26)24-10-14-2-4-15(5-3-14)33-19(21,22)23/h2-5,10-11,30H,6-9,12-13H2,1H3. The monoisotopic (exact) mass is 490 g/mol. The highest BCUT2D eigenvalue weighted by molar-refractivity contribution is 6.28. The van der Waals surface area contributed by atoms with Crippen LogP contribution in [0.1, 0.15) is 12.5 Å². The molecule has 2 heterocycles. The van der Waals surface area contributed by atoms with E-state index in [0.717, 1.165) is 0 Å². The Morgan fingerprint density at radius 1 is 1.24 bits per heavy atom. The van der Waals surface area contributed by atoms with Crippen LogP contribution in [-0.2, 0) is 6.54 Å². The molecule has 3 rings (SSSR count). The average Bonchev–Trinajstić information content (AvgIpc) is 3.07. The first-order valence-corrected chi connectivity index (χ1v) is 10.2. The molecular formula is C19H22ClF3N6O4. The molecule has 1 fully saturated rings. The van der Waals surface area contributed by atoms with Crippen molar-refractivity contribution in [1.29, 1.82) is 0 Å². The number of aliphatic hydroxyl groups is 1. The minimum Gasteiger partial charge on any atom is -0.406 e. The molecule has 1 aliphatic heterocycles. The Bertz CT molecular complexity index is 988. The minimum absolute atomic E-state index is 0.0408. The van der Waals surface area contributed by atoms with Crippen molar-refractivity contribution in [3.63, 3.8) is 0 Å². The summed E-state index contributed by atoms with van der Waals surface area (Å²) in [5, 5.41) is 27.7. The van der Waals surface area contributed by atoms with E-state index in [4.69, 9.17) is 11.6 Å². The van der Waals surface area contributed by atoms with Gasteiger partial charge in [0, 0.05) is 32.7 Å². The number of nitro groups is 1. The van der Waals surface area contributed by atoms with E-state index in [9.17, 15) is 28.4 Å². The van der Waals surface area contributed by atoms with E-state index < -0.39 is 16.9 Å². The Hall–Kier alpha value is -2.90. The third kappa shape index (κ3) is 7.58. The van der Waals surface area contributed by atoms with Crippen molar-refractivity contribution in [1.82, 2.24) is 19.5 Å². The Balaban J connectivity index is 1.47. The Morgan fingerprint density at radius 3 is 2.42 bits per heavy atom. The summed E-state index contributed by atoms with van der Waals surface area (Å²) >= 11 is 5.92. The normalized spacial score (nSPS) is 17.3. The fraction of sp³-hybridized carbons (Fsp3) is 0.474. The van der Waals surface area contributed by atoms with Crippen LogP contribution in [0.15, 0.2) is 35.6 Å². The number of alkyl halides is 3. The molecule has 1 saturated heterocycles. The zero-order valence-electron chi connectivity index (χ0n) is 17.6. The highest BCUT2D eigenvalue weighted by atomic mass is 35.5. The van der Waals surface area contributed by atoms with Crippen LogP contribution in [0.25, 0.3) is 0 Å². The molecule has 2 aromatic rings. The topological polar surface area (TPSA) is 109 Å². The first-order chi connectivity index (χ1) is 15.4. The number of rotatable bonds is 8.